The third-order valence-corrected chi connectivity index (χ3v) is 1.77. The predicted octanol–water partition coefficient (Wildman–Crippen LogP) is 1.22. The maximum atomic E-state index is 10.6. The van der Waals surface area contributed by atoms with E-state index in [4.69, 9.17) is 11.6 Å². The van der Waals surface area contributed by atoms with Gasteiger partial charge in [0.25, 0.3) is 0 Å². The molecule has 0 radical (unpaired) electrons. The second-order valence-corrected chi connectivity index (χ2v) is 2.84. The van der Waals surface area contributed by atoms with E-state index < -0.39 is 6.09 Å². The zero-order valence-corrected chi connectivity index (χ0v) is 7.21. The van der Waals surface area contributed by atoms with E-state index in [2.05, 4.69) is 15.9 Å². The van der Waals surface area contributed by atoms with Crippen molar-refractivity contribution >= 4 is 23.4 Å². The lowest BCUT2D eigenvalue weighted by atomic mass is 10.3. The van der Waals surface area contributed by atoms with E-state index in [-0.39, 0.29) is 0 Å². The number of rotatable bonds is 1. The monoisotopic (exact) mass is 199 g/mol. The summed E-state index contributed by atoms with van der Waals surface area (Å²) in [7, 11) is 0. The molecule has 1 aliphatic heterocycles. The standard InChI is InChI=1S/C7H6ClN3O2/c8-5-1-3-6(4-2-5)11-9-7(12)13-10-11/h1-4,10H,(H,9,12). The van der Waals surface area contributed by atoms with E-state index in [0.717, 1.165) is 5.69 Å². The van der Waals surface area contributed by atoms with Gasteiger partial charge < -0.3 is 4.84 Å². The molecule has 2 rings (SSSR count). The van der Waals surface area contributed by atoms with Gasteiger partial charge in [-0.15, -0.1) is 0 Å². The van der Waals surface area contributed by atoms with Crippen LogP contribution in [0.5, 0.6) is 0 Å². The molecule has 5 nitrogen and oxygen atoms in total. The summed E-state index contributed by atoms with van der Waals surface area (Å²) in [6.45, 7) is 0. The molecule has 2 N–H and O–H groups in total. The van der Waals surface area contributed by atoms with E-state index >= 15 is 0 Å². The van der Waals surface area contributed by atoms with Gasteiger partial charge in [0.2, 0.25) is 0 Å². The molecule has 13 heavy (non-hydrogen) atoms. The highest BCUT2D eigenvalue weighted by Crippen LogP contribution is 2.16. The largest absolute Gasteiger partial charge is 0.448 e. The van der Waals surface area contributed by atoms with E-state index in [1.54, 1.807) is 24.3 Å². The van der Waals surface area contributed by atoms with E-state index in [1.165, 1.54) is 5.12 Å². The minimum absolute atomic E-state index is 0.546. The highest BCUT2D eigenvalue weighted by molar-refractivity contribution is 6.30. The molecule has 1 aromatic carbocycles. The number of anilines is 1. The van der Waals surface area contributed by atoms with Crippen LogP contribution in [-0.2, 0) is 4.84 Å². The zero-order chi connectivity index (χ0) is 9.26. The maximum absolute atomic E-state index is 10.6. The molecule has 6 heteroatoms. The summed E-state index contributed by atoms with van der Waals surface area (Å²) < 4.78 is 0. The van der Waals surface area contributed by atoms with Gasteiger partial charge in [-0.25, -0.2) is 10.2 Å². The Labute approximate surface area is 79.1 Å². The van der Waals surface area contributed by atoms with Gasteiger partial charge in [0.05, 0.1) is 5.69 Å². The molecule has 0 atom stereocenters. The molecule has 0 bridgehead atoms. The summed E-state index contributed by atoms with van der Waals surface area (Å²) in [4.78, 5) is 15.1. The number of carbonyl (C=O) groups is 1. The van der Waals surface area contributed by atoms with Gasteiger partial charge in [-0.2, -0.15) is 5.12 Å². The number of amides is 1. The number of nitrogens with zero attached hydrogens (tertiary/aromatic N) is 1. The van der Waals surface area contributed by atoms with Gasteiger partial charge in [0.15, 0.2) is 0 Å². The minimum Gasteiger partial charge on any atom is -0.330 e. The van der Waals surface area contributed by atoms with Gasteiger partial charge >= 0.3 is 6.09 Å². The van der Waals surface area contributed by atoms with E-state index in [1.807, 2.05) is 0 Å². The number of hydrogen-bond donors (Lipinski definition) is 2. The molecule has 1 aromatic rings. The van der Waals surface area contributed by atoms with Crippen molar-refractivity contribution in [1.82, 2.24) is 11.0 Å². The lowest BCUT2D eigenvalue weighted by Crippen LogP contribution is -2.38. The molecule has 68 valence electrons. The predicted molar refractivity (Wildman–Crippen MR) is 46.7 cm³/mol. The van der Waals surface area contributed by atoms with Crippen LogP contribution in [0, 0.1) is 0 Å². The first-order valence-corrected chi connectivity index (χ1v) is 3.92. The fourth-order valence-corrected chi connectivity index (χ4v) is 1.06. The Balaban J connectivity index is 2.17. The molecule has 1 fully saturated rings. The topological polar surface area (TPSA) is 53.6 Å². The number of hydrogen-bond acceptors (Lipinski definition) is 4. The highest BCUT2D eigenvalue weighted by atomic mass is 35.5. The average Bonchev–Trinajstić information content (AvgIpc) is 2.53. The Morgan fingerprint density at radius 2 is 2.00 bits per heavy atom. The first-order valence-electron chi connectivity index (χ1n) is 3.54. The summed E-state index contributed by atoms with van der Waals surface area (Å²) in [5, 5.41) is 1.98. The van der Waals surface area contributed by atoms with Crippen LogP contribution < -0.4 is 16.1 Å². The van der Waals surface area contributed by atoms with Crippen LogP contribution in [0.2, 0.25) is 5.02 Å². The Kier molecular flexibility index (Phi) is 1.96. The van der Waals surface area contributed by atoms with Crippen molar-refractivity contribution in [2.24, 2.45) is 0 Å². The molecule has 1 saturated heterocycles. The summed E-state index contributed by atoms with van der Waals surface area (Å²) in [5.41, 5.74) is 5.51. The summed E-state index contributed by atoms with van der Waals surface area (Å²) in [5.74, 6) is 0. The lowest BCUT2D eigenvalue weighted by molar-refractivity contribution is 0.129. The van der Waals surface area contributed by atoms with Gasteiger partial charge in [0.1, 0.15) is 0 Å². The third kappa shape index (κ3) is 1.66. The second-order valence-electron chi connectivity index (χ2n) is 2.40. The summed E-state index contributed by atoms with van der Waals surface area (Å²) in [6, 6.07) is 6.90. The van der Waals surface area contributed by atoms with Crippen molar-refractivity contribution in [2.45, 2.75) is 0 Å². The minimum atomic E-state index is -0.546. The van der Waals surface area contributed by atoms with Gasteiger partial charge in [-0.1, -0.05) is 11.6 Å². The van der Waals surface area contributed by atoms with Gasteiger partial charge in [-0.3, -0.25) is 0 Å². The smallest absolute Gasteiger partial charge is 0.330 e. The fourth-order valence-electron chi connectivity index (χ4n) is 0.931. The fraction of sp³-hybridized carbons (Fsp3) is 0. The van der Waals surface area contributed by atoms with Crippen molar-refractivity contribution < 1.29 is 9.63 Å². The van der Waals surface area contributed by atoms with Crippen molar-refractivity contribution in [1.29, 1.82) is 0 Å². The van der Waals surface area contributed by atoms with Crippen molar-refractivity contribution in [3.8, 4) is 0 Å². The van der Waals surface area contributed by atoms with Crippen LogP contribution in [-0.4, -0.2) is 6.09 Å². The summed E-state index contributed by atoms with van der Waals surface area (Å²) >= 11 is 5.69. The average molecular weight is 200 g/mol. The third-order valence-electron chi connectivity index (χ3n) is 1.52. The molecular formula is C7H6ClN3O2. The van der Waals surface area contributed by atoms with Crippen LogP contribution in [0.1, 0.15) is 0 Å². The first-order chi connectivity index (χ1) is 6.25. The van der Waals surface area contributed by atoms with Crippen LogP contribution in [0.25, 0.3) is 0 Å². The molecule has 1 aliphatic rings. The van der Waals surface area contributed by atoms with Gasteiger partial charge in [-0.05, 0) is 29.9 Å². The zero-order valence-electron chi connectivity index (χ0n) is 6.45. The molecule has 0 saturated carbocycles. The van der Waals surface area contributed by atoms with E-state index in [0.29, 0.717) is 5.02 Å². The Hall–Kier alpha value is -1.46. The number of nitrogens with one attached hydrogen (secondary N) is 2. The van der Waals surface area contributed by atoms with Crippen molar-refractivity contribution in [2.75, 3.05) is 5.12 Å². The number of halogens is 1. The Morgan fingerprint density at radius 3 is 2.54 bits per heavy atom. The second kappa shape index (κ2) is 3.12. The highest BCUT2D eigenvalue weighted by Gasteiger charge is 2.19. The van der Waals surface area contributed by atoms with Crippen LogP contribution >= 0.6 is 11.6 Å². The van der Waals surface area contributed by atoms with Crippen LogP contribution in [0.4, 0.5) is 10.5 Å². The lowest BCUT2D eigenvalue weighted by Gasteiger charge is -2.12. The molecule has 0 aliphatic carbocycles. The normalized spacial score (nSPS) is 15.5. The van der Waals surface area contributed by atoms with Gasteiger partial charge in [0, 0.05) is 5.02 Å². The molecule has 0 spiro atoms. The number of carbonyl (C=O) groups excluding carboxylic acids is 1. The van der Waals surface area contributed by atoms with Crippen molar-refractivity contribution in [3.05, 3.63) is 29.3 Å². The quantitative estimate of drug-likeness (QED) is 0.714. The molecule has 0 unspecified atom stereocenters. The maximum Gasteiger partial charge on any atom is 0.448 e. The number of benzene rings is 1. The van der Waals surface area contributed by atoms with Crippen LogP contribution in [0.3, 0.4) is 0 Å². The SMILES string of the molecule is O=C1NN(c2ccc(Cl)cc2)NO1. The van der Waals surface area contributed by atoms with E-state index in [9.17, 15) is 4.79 Å². The number of hydrazine groups is 2. The Morgan fingerprint density at radius 1 is 1.31 bits per heavy atom. The van der Waals surface area contributed by atoms with Crippen LogP contribution in [0.15, 0.2) is 24.3 Å². The van der Waals surface area contributed by atoms with Crippen molar-refractivity contribution in [3.63, 3.8) is 0 Å². The molecular weight excluding hydrogens is 194 g/mol. The molecule has 0 aromatic heterocycles. The first kappa shape index (κ1) is 8.15. The Bertz CT molecular complexity index is 327. The molecule has 1 amide bonds. The summed E-state index contributed by atoms with van der Waals surface area (Å²) in [6.07, 6.45) is -0.546. The molecule has 1 heterocycles.